The Kier molecular flexibility index (Phi) is 4.74. The largest absolute Gasteiger partial charge is 0.379 e. The lowest BCUT2D eigenvalue weighted by atomic mass is 10.1. The summed E-state index contributed by atoms with van der Waals surface area (Å²) >= 11 is 0. The molecule has 0 amide bonds. The first-order valence-corrected chi connectivity index (χ1v) is 5.52. The molecule has 0 radical (unpaired) electrons. The Balaban J connectivity index is 1.99. The number of hydrogen-bond donors (Lipinski definition) is 0. The van der Waals surface area contributed by atoms with Crippen molar-refractivity contribution in [3.05, 3.63) is 0 Å². The van der Waals surface area contributed by atoms with Crippen LogP contribution in [0.15, 0.2) is 0 Å². The maximum absolute atomic E-state index is 5.52. The maximum Gasteiger partial charge on any atom is 0.0518 e. The van der Waals surface area contributed by atoms with Crippen LogP contribution >= 0.6 is 0 Å². The van der Waals surface area contributed by atoms with Crippen molar-refractivity contribution >= 4 is 0 Å². The van der Waals surface area contributed by atoms with Gasteiger partial charge in [-0.05, 0) is 53.1 Å². The van der Waals surface area contributed by atoms with Gasteiger partial charge >= 0.3 is 0 Å². The highest BCUT2D eigenvalue weighted by molar-refractivity contribution is 4.75. The summed E-state index contributed by atoms with van der Waals surface area (Å²) in [5.41, 5.74) is 0. The summed E-state index contributed by atoms with van der Waals surface area (Å²) in [5.74, 6) is 0. The van der Waals surface area contributed by atoms with Gasteiger partial charge in [0.1, 0.15) is 0 Å². The molecule has 0 spiro atoms. The standard InChI is InChI=1S/C11H23NO/c1-10(2)13-9-5-7-11-6-4-8-12(11)3/h10-11H,4-9H2,1-3H3/t11-/m1/s1. The smallest absolute Gasteiger partial charge is 0.0518 e. The van der Waals surface area contributed by atoms with Crippen LogP contribution in [0, 0.1) is 0 Å². The van der Waals surface area contributed by atoms with Gasteiger partial charge in [-0.15, -0.1) is 0 Å². The van der Waals surface area contributed by atoms with Gasteiger partial charge in [-0.3, -0.25) is 0 Å². The maximum atomic E-state index is 5.52. The third kappa shape index (κ3) is 4.10. The fourth-order valence-corrected chi connectivity index (χ4v) is 1.98. The first-order valence-electron chi connectivity index (χ1n) is 5.52. The molecule has 0 aliphatic carbocycles. The number of nitrogens with zero attached hydrogens (tertiary/aromatic N) is 1. The van der Waals surface area contributed by atoms with Crippen molar-refractivity contribution in [3.8, 4) is 0 Å². The molecule has 1 rings (SSSR count). The minimum absolute atomic E-state index is 0.390. The molecule has 1 aliphatic heterocycles. The summed E-state index contributed by atoms with van der Waals surface area (Å²) in [6.45, 7) is 6.42. The van der Waals surface area contributed by atoms with E-state index in [9.17, 15) is 0 Å². The first-order chi connectivity index (χ1) is 6.20. The van der Waals surface area contributed by atoms with Crippen LogP contribution in [0.5, 0.6) is 0 Å². The van der Waals surface area contributed by atoms with E-state index in [1.807, 2.05) is 0 Å². The summed E-state index contributed by atoms with van der Waals surface area (Å²) < 4.78 is 5.52. The van der Waals surface area contributed by atoms with Crippen LogP contribution in [0.25, 0.3) is 0 Å². The van der Waals surface area contributed by atoms with Gasteiger partial charge in [-0.1, -0.05) is 0 Å². The van der Waals surface area contributed by atoms with E-state index < -0.39 is 0 Å². The van der Waals surface area contributed by atoms with Crippen molar-refractivity contribution < 1.29 is 4.74 Å². The van der Waals surface area contributed by atoms with Crippen LogP contribution in [0.4, 0.5) is 0 Å². The van der Waals surface area contributed by atoms with Gasteiger partial charge < -0.3 is 9.64 Å². The molecule has 1 saturated heterocycles. The van der Waals surface area contributed by atoms with Gasteiger partial charge in [0.15, 0.2) is 0 Å². The van der Waals surface area contributed by atoms with Crippen LogP contribution in [0.1, 0.15) is 39.5 Å². The van der Waals surface area contributed by atoms with E-state index in [1.54, 1.807) is 0 Å². The lowest BCUT2D eigenvalue weighted by Gasteiger charge is -2.19. The SMILES string of the molecule is CC(C)OCCC[C@H]1CCCN1C. The number of likely N-dealkylation sites (tertiary alicyclic amines) is 1. The zero-order chi connectivity index (χ0) is 9.68. The molecule has 78 valence electrons. The zero-order valence-electron chi connectivity index (χ0n) is 9.25. The Bertz CT molecular complexity index is 136. The van der Waals surface area contributed by atoms with Crippen molar-refractivity contribution in [2.45, 2.75) is 51.7 Å². The number of rotatable bonds is 5. The minimum Gasteiger partial charge on any atom is -0.379 e. The van der Waals surface area contributed by atoms with E-state index in [1.165, 1.54) is 32.2 Å². The second kappa shape index (κ2) is 5.61. The van der Waals surface area contributed by atoms with Crippen LogP contribution in [0.3, 0.4) is 0 Å². The lowest BCUT2D eigenvalue weighted by molar-refractivity contribution is 0.0725. The molecule has 0 saturated carbocycles. The molecule has 0 aromatic heterocycles. The molecule has 0 N–H and O–H groups in total. The topological polar surface area (TPSA) is 12.5 Å². The molecule has 1 heterocycles. The molecular weight excluding hydrogens is 162 g/mol. The molecule has 2 nitrogen and oxygen atoms in total. The van der Waals surface area contributed by atoms with Gasteiger partial charge in [0.25, 0.3) is 0 Å². The second-order valence-corrected chi connectivity index (χ2v) is 4.34. The van der Waals surface area contributed by atoms with Crippen molar-refractivity contribution in [3.63, 3.8) is 0 Å². The Labute approximate surface area is 82.3 Å². The number of hydrogen-bond acceptors (Lipinski definition) is 2. The molecule has 1 atom stereocenters. The minimum atomic E-state index is 0.390. The van der Waals surface area contributed by atoms with E-state index in [4.69, 9.17) is 4.74 Å². The molecule has 2 heteroatoms. The van der Waals surface area contributed by atoms with Gasteiger partial charge in [0.05, 0.1) is 6.10 Å². The summed E-state index contributed by atoms with van der Waals surface area (Å²) in [7, 11) is 2.24. The Morgan fingerprint density at radius 1 is 1.46 bits per heavy atom. The fourth-order valence-electron chi connectivity index (χ4n) is 1.98. The zero-order valence-corrected chi connectivity index (χ0v) is 9.25. The van der Waals surface area contributed by atoms with E-state index >= 15 is 0 Å². The van der Waals surface area contributed by atoms with Gasteiger partial charge in [-0.2, -0.15) is 0 Å². The van der Waals surface area contributed by atoms with Crippen molar-refractivity contribution in [1.29, 1.82) is 0 Å². The Hall–Kier alpha value is -0.0800. The Morgan fingerprint density at radius 2 is 2.23 bits per heavy atom. The van der Waals surface area contributed by atoms with E-state index in [2.05, 4.69) is 25.8 Å². The summed E-state index contributed by atoms with van der Waals surface area (Å²) in [5, 5.41) is 0. The summed E-state index contributed by atoms with van der Waals surface area (Å²) in [6, 6.07) is 0.829. The van der Waals surface area contributed by atoms with Crippen LogP contribution in [-0.4, -0.2) is 37.2 Å². The third-order valence-electron chi connectivity index (χ3n) is 2.80. The third-order valence-corrected chi connectivity index (χ3v) is 2.80. The molecule has 0 aromatic rings. The normalized spacial score (nSPS) is 24.5. The van der Waals surface area contributed by atoms with Gasteiger partial charge in [-0.25, -0.2) is 0 Å². The average Bonchev–Trinajstić information content (AvgIpc) is 2.45. The van der Waals surface area contributed by atoms with Crippen molar-refractivity contribution in [2.75, 3.05) is 20.2 Å². The monoisotopic (exact) mass is 185 g/mol. The summed E-state index contributed by atoms with van der Waals surface area (Å²) in [4.78, 5) is 2.48. The van der Waals surface area contributed by atoms with Gasteiger partial charge in [0, 0.05) is 12.6 Å². The molecule has 0 aromatic carbocycles. The molecule has 1 aliphatic rings. The molecule has 13 heavy (non-hydrogen) atoms. The molecular formula is C11H23NO. The van der Waals surface area contributed by atoms with E-state index in [-0.39, 0.29) is 0 Å². The van der Waals surface area contributed by atoms with Crippen LogP contribution in [-0.2, 0) is 4.74 Å². The van der Waals surface area contributed by atoms with Crippen LogP contribution in [0.2, 0.25) is 0 Å². The molecule has 1 fully saturated rings. The lowest BCUT2D eigenvalue weighted by Crippen LogP contribution is -2.25. The molecule has 0 bridgehead atoms. The van der Waals surface area contributed by atoms with Crippen molar-refractivity contribution in [1.82, 2.24) is 4.90 Å². The predicted octanol–water partition coefficient (Wildman–Crippen LogP) is 2.29. The van der Waals surface area contributed by atoms with E-state index in [0.717, 1.165) is 12.6 Å². The van der Waals surface area contributed by atoms with Crippen LogP contribution < -0.4 is 0 Å². The predicted molar refractivity (Wildman–Crippen MR) is 56.0 cm³/mol. The second-order valence-electron chi connectivity index (χ2n) is 4.34. The van der Waals surface area contributed by atoms with Crippen molar-refractivity contribution in [2.24, 2.45) is 0 Å². The average molecular weight is 185 g/mol. The Morgan fingerprint density at radius 3 is 2.77 bits per heavy atom. The summed E-state index contributed by atoms with van der Waals surface area (Å²) in [6.07, 6.45) is 5.68. The van der Waals surface area contributed by atoms with Gasteiger partial charge in [0.2, 0.25) is 0 Å². The highest BCUT2D eigenvalue weighted by Crippen LogP contribution is 2.18. The first kappa shape index (κ1) is 11.0. The quantitative estimate of drug-likeness (QED) is 0.609. The molecule has 0 unspecified atom stereocenters. The highest BCUT2D eigenvalue weighted by atomic mass is 16.5. The number of ether oxygens (including phenoxy) is 1. The highest BCUT2D eigenvalue weighted by Gasteiger charge is 2.19. The van der Waals surface area contributed by atoms with E-state index in [0.29, 0.717) is 6.10 Å². The fraction of sp³-hybridized carbons (Fsp3) is 1.00.